The molecule has 1 saturated carbocycles. The van der Waals surface area contributed by atoms with Gasteiger partial charge in [-0.1, -0.05) is 19.3 Å². The summed E-state index contributed by atoms with van der Waals surface area (Å²) in [4.78, 5) is 12.2. The molecule has 0 aliphatic heterocycles. The molecule has 3 N–H and O–H groups in total. The number of carbonyl (C=O) groups excluding carboxylic acids is 1. The first-order valence-corrected chi connectivity index (χ1v) is 8.97. The Morgan fingerprint density at radius 1 is 1.26 bits per heavy atom. The van der Waals surface area contributed by atoms with Crippen LogP contribution in [0.5, 0.6) is 0 Å². The molecule has 1 heterocycles. The summed E-state index contributed by atoms with van der Waals surface area (Å²) in [5.74, 6) is 0.642. The molecule has 6 nitrogen and oxygen atoms in total. The third-order valence-electron chi connectivity index (χ3n) is 5.16. The largest absolute Gasteiger partial charge is 0.394 e. The Bertz CT molecular complexity index is 523. The number of hydrogen-bond donors (Lipinski definition) is 3. The molecule has 0 spiro atoms. The van der Waals surface area contributed by atoms with Crippen molar-refractivity contribution in [2.24, 2.45) is 5.92 Å². The van der Waals surface area contributed by atoms with Gasteiger partial charge in [0.05, 0.1) is 25.4 Å². The Morgan fingerprint density at radius 2 is 2.09 bits per heavy atom. The van der Waals surface area contributed by atoms with Crippen LogP contribution < -0.4 is 10.6 Å². The molecule has 2 amide bonds. The lowest BCUT2D eigenvalue weighted by Gasteiger charge is -2.26. The first-order chi connectivity index (χ1) is 11.3. The monoisotopic (exact) mass is 320 g/mol. The van der Waals surface area contributed by atoms with Crippen LogP contribution in [0.25, 0.3) is 0 Å². The van der Waals surface area contributed by atoms with Gasteiger partial charge in [0.15, 0.2) is 0 Å². The van der Waals surface area contributed by atoms with Crippen LogP contribution in [0.2, 0.25) is 0 Å². The minimum absolute atomic E-state index is 0.0394. The van der Waals surface area contributed by atoms with Crippen molar-refractivity contribution in [2.75, 3.05) is 13.2 Å². The minimum atomic E-state index is -0.0664. The van der Waals surface area contributed by atoms with Crippen molar-refractivity contribution in [3.05, 3.63) is 17.5 Å². The first-order valence-electron chi connectivity index (χ1n) is 8.97. The third-order valence-corrected chi connectivity index (χ3v) is 5.16. The maximum atomic E-state index is 12.2. The molecule has 128 valence electrons. The summed E-state index contributed by atoms with van der Waals surface area (Å²) in [6.07, 6.45) is 11.2. The van der Waals surface area contributed by atoms with E-state index in [1.807, 2.05) is 10.9 Å². The summed E-state index contributed by atoms with van der Waals surface area (Å²) in [5, 5.41) is 19.6. The van der Waals surface area contributed by atoms with Gasteiger partial charge in [0.2, 0.25) is 0 Å². The maximum absolute atomic E-state index is 12.2. The molecular formula is C17H28N4O2. The molecule has 0 radical (unpaired) electrons. The number of fused-ring (bicyclic) bond motifs is 1. The fourth-order valence-electron chi connectivity index (χ4n) is 3.89. The second-order valence-corrected chi connectivity index (χ2v) is 6.80. The van der Waals surface area contributed by atoms with Gasteiger partial charge in [0.25, 0.3) is 0 Å². The molecule has 2 aliphatic rings. The zero-order valence-corrected chi connectivity index (χ0v) is 13.8. The normalized spacial score (nSPS) is 21.7. The number of nitrogens with zero attached hydrogens (tertiary/aromatic N) is 2. The Hall–Kier alpha value is -1.56. The standard InChI is InChI=1S/C17H28N4O2/c22-10-9-21-16-8-4-7-15(14(16)12-19-21)20-17(23)18-11-13-5-2-1-3-6-13/h12-13,15,22H,1-11H2,(H2,18,20,23)/t15-/m1/s1. The molecule has 23 heavy (non-hydrogen) atoms. The average Bonchev–Trinajstić information content (AvgIpc) is 2.99. The van der Waals surface area contributed by atoms with E-state index in [0.29, 0.717) is 12.5 Å². The van der Waals surface area contributed by atoms with Gasteiger partial charge in [-0.2, -0.15) is 5.10 Å². The Morgan fingerprint density at radius 3 is 2.87 bits per heavy atom. The van der Waals surface area contributed by atoms with Crippen molar-refractivity contribution in [1.82, 2.24) is 20.4 Å². The molecule has 1 fully saturated rings. The van der Waals surface area contributed by atoms with Crippen LogP contribution in [0.4, 0.5) is 4.79 Å². The summed E-state index contributed by atoms with van der Waals surface area (Å²) >= 11 is 0. The number of urea groups is 1. The Kier molecular flexibility index (Phi) is 5.54. The number of rotatable bonds is 5. The van der Waals surface area contributed by atoms with Crippen LogP contribution in [-0.2, 0) is 13.0 Å². The second kappa shape index (κ2) is 7.81. The van der Waals surface area contributed by atoms with Crippen molar-refractivity contribution in [1.29, 1.82) is 0 Å². The van der Waals surface area contributed by atoms with Crippen molar-refractivity contribution in [3.8, 4) is 0 Å². The number of aliphatic hydroxyl groups is 1. The van der Waals surface area contributed by atoms with Crippen LogP contribution in [-0.4, -0.2) is 34.1 Å². The van der Waals surface area contributed by atoms with E-state index >= 15 is 0 Å². The summed E-state index contributed by atoms with van der Waals surface area (Å²) in [5.41, 5.74) is 2.26. The molecule has 0 bridgehead atoms. The average molecular weight is 320 g/mol. The molecule has 3 rings (SSSR count). The minimum Gasteiger partial charge on any atom is -0.394 e. The van der Waals surface area contributed by atoms with E-state index in [9.17, 15) is 4.79 Å². The Labute approximate surface area is 137 Å². The Balaban J connectivity index is 1.53. The third kappa shape index (κ3) is 4.05. The second-order valence-electron chi connectivity index (χ2n) is 6.80. The topological polar surface area (TPSA) is 79.2 Å². The number of aromatic nitrogens is 2. The van der Waals surface area contributed by atoms with Gasteiger partial charge in [-0.25, -0.2) is 4.79 Å². The molecule has 0 unspecified atom stereocenters. The molecular weight excluding hydrogens is 292 g/mol. The number of amides is 2. The molecule has 1 aromatic rings. The predicted molar refractivity (Wildman–Crippen MR) is 88.1 cm³/mol. The number of aliphatic hydroxyl groups excluding tert-OH is 1. The number of hydrogen-bond acceptors (Lipinski definition) is 3. The van der Waals surface area contributed by atoms with E-state index in [1.54, 1.807) is 0 Å². The van der Waals surface area contributed by atoms with Gasteiger partial charge in [-0.05, 0) is 38.0 Å². The summed E-state index contributed by atoms with van der Waals surface area (Å²) in [7, 11) is 0. The van der Waals surface area contributed by atoms with Crippen LogP contribution in [0.15, 0.2) is 6.20 Å². The summed E-state index contributed by atoms with van der Waals surface area (Å²) in [6, 6.07) is -0.0270. The smallest absolute Gasteiger partial charge is 0.315 e. The van der Waals surface area contributed by atoms with Crippen LogP contribution in [0.1, 0.15) is 62.2 Å². The fraction of sp³-hybridized carbons (Fsp3) is 0.765. The van der Waals surface area contributed by atoms with Crippen LogP contribution >= 0.6 is 0 Å². The van der Waals surface area contributed by atoms with Crippen molar-refractivity contribution in [2.45, 2.75) is 64.0 Å². The molecule has 6 heteroatoms. The lowest BCUT2D eigenvalue weighted by molar-refractivity contribution is 0.230. The van der Waals surface area contributed by atoms with Gasteiger partial charge < -0.3 is 15.7 Å². The van der Waals surface area contributed by atoms with Crippen LogP contribution in [0, 0.1) is 5.92 Å². The highest BCUT2D eigenvalue weighted by Gasteiger charge is 2.25. The quantitative estimate of drug-likeness (QED) is 0.777. The maximum Gasteiger partial charge on any atom is 0.315 e. The molecule has 0 saturated heterocycles. The molecule has 1 atom stereocenters. The van der Waals surface area contributed by atoms with Crippen molar-refractivity contribution < 1.29 is 9.90 Å². The van der Waals surface area contributed by atoms with E-state index in [1.165, 1.54) is 32.1 Å². The highest BCUT2D eigenvalue weighted by atomic mass is 16.3. The highest BCUT2D eigenvalue weighted by Crippen LogP contribution is 2.29. The van der Waals surface area contributed by atoms with Gasteiger partial charge in [-0.15, -0.1) is 0 Å². The fourth-order valence-corrected chi connectivity index (χ4v) is 3.89. The van der Waals surface area contributed by atoms with E-state index in [4.69, 9.17) is 5.11 Å². The SMILES string of the molecule is O=C(NCC1CCCCC1)N[C@@H]1CCCc2c1cnn2CCO. The van der Waals surface area contributed by atoms with E-state index in [-0.39, 0.29) is 18.7 Å². The first kappa shape index (κ1) is 16.3. The zero-order chi connectivity index (χ0) is 16.1. The number of carbonyl (C=O) groups is 1. The lowest BCUT2D eigenvalue weighted by atomic mass is 9.89. The predicted octanol–water partition coefficient (Wildman–Crippen LogP) is 2.13. The van der Waals surface area contributed by atoms with E-state index in [0.717, 1.165) is 37.1 Å². The van der Waals surface area contributed by atoms with Gasteiger partial charge in [0.1, 0.15) is 0 Å². The molecule has 0 aromatic carbocycles. The lowest BCUT2D eigenvalue weighted by Crippen LogP contribution is -2.41. The van der Waals surface area contributed by atoms with Gasteiger partial charge >= 0.3 is 6.03 Å². The van der Waals surface area contributed by atoms with E-state index in [2.05, 4.69) is 15.7 Å². The summed E-state index contributed by atoms with van der Waals surface area (Å²) < 4.78 is 1.86. The number of nitrogens with one attached hydrogen (secondary N) is 2. The van der Waals surface area contributed by atoms with Crippen molar-refractivity contribution >= 4 is 6.03 Å². The molecule has 2 aliphatic carbocycles. The summed E-state index contributed by atoms with van der Waals surface area (Å²) in [6.45, 7) is 1.40. The van der Waals surface area contributed by atoms with Crippen LogP contribution in [0.3, 0.4) is 0 Å². The van der Waals surface area contributed by atoms with E-state index < -0.39 is 0 Å². The molecule has 1 aromatic heterocycles. The van der Waals surface area contributed by atoms with Gasteiger partial charge in [-0.3, -0.25) is 4.68 Å². The van der Waals surface area contributed by atoms with Crippen molar-refractivity contribution in [3.63, 3.8) is 0 Å². The zero-order valence-electron chi connectivity index (χ0n) is 13.8. The van der Waals surface area contributed by atoms with Gasteiger partial charge in [0, 0.05) is 17.8 Å². The highest BCUT2D eigenvalue weighted by molar-refractivity contribution is 5.74.